The van der Waals surface area contributed by atoms with Crippen LogP contribution >= 0.6 is 0 Å². The minimum absolute atomic E-state index is 0.296. The second-order valence-corrected chi connectivity index (χ2v) is 9.44. The Bertz CT molecular complexity index is 1230. The van der Waals surface area contributed by atoms with Crippen LogP contribution < -0.4 is 20.5 Å². The van der Waals surface area contributed by atoms with Crippen molar-refractivity contribution >= 4 is 28.5 Å². The van der Waals surface area contributed by atoms with Crippen LogP contribution in [0, 0.1) is 6.92 Å². The van der Waals surface area contributed by atoms with E-state index in [4.69, 9.17) is 25.4 Å². The summed E-state index contributed by atoms with van der Waals surface area (Å²) >= 11 is 0. The quantitative estimate of drug-likeness (QED) is 0.140. The number of aryl methyl sites for hydroxylation is 2. The minimum atomic E-state index is -1.26. The summed E-state index contributed by atoms with van der Waals surface area (Å²) in [6.07, 6.45) is 9.37. The van der Waals surface area contributed by atoms with Crippen molar-refractivity contribution in [3.63, 3.8) is 0 Å². The first-order chi connectivity index (χ1) is 19.3. The minimum Gasteiger partial charge on any atom is -0.493 e. The molecule has 1 unspecified atom stereocenters. The maximum Gasteiger partial charge on any atom is 0.328 e. The molecule has 2 aromatic carbocycles. The highest BCUT2D eigenvalue weighted by Gasteiger charge is 2.18. The first-order valence-electron chi connectivity index (χ1n) is 13.5. The maximum absolute atomic E-state index is 9.55. The molecular weight excluding hydrogens is 510 g/mol. The summed E-state index contributed by atoms with van der Waals surface area (Å²) in [6, 6.07) is 15.0. The molecule has 9 heteroatoms. The van der Waals surface area contributed by atoms with Gasteiger partial charge in [0.1, 0.15) is 0 Å². The van der Waals surface area contributed by atoms with E-state index in [1.54, 1.807) is 7.11 Å². The number of benzene rings is 2. The lowest BCUT2D eigenvalue weighted by molar-refractivity contribution is -0.134. The number of nitrogens with one attached hydrogen (secondary N) is 1. The van der Waals surface area contributed by atoms with Gasteiger partial charge in [0.15, 0.2) is 11.5 Å². The van der Waals surface area contributed by atoms with Crippen molar-refractivity contribution in [3.8, 4) is 11.5 Å². The van der Waals surface area contributed by atoms with Crippen molar-refractivity contribution in [1.82, 2.24) is 4.98 Å². The van der Waals surface area contributed by atoms with Crippen molar-refractivity contribution in [1.29, 1.82) is 0 Å². The van der Waals surface area contributed by atoms with Gasteiger partial charge in [0.05, 0.1) is 30.3 Å². The summed E-state index contributed by atoms with van der Waals surface area (Å²) in [7, 11) is 1.70. The van der Waals surface area contributed by atoms with E-state index in [-0.39, 0.29) is 0 Å². The molecule has 1 aromatic heterocycles. The van der Waals surface area contributed by atoms with Gasteiger partial charge in [0, 0.05) is 30.5 Å². The maximum atomic E-state index is 9.55. The highest BCUT2D eigenvalue weighted by molar-refractivity contribution is 5.99. The highest BCUT2D eigenvalue weighted by atomic mass is 16.5. The number of carboxylic acid groups (broad SMARTS) is 2. The third-order valence-corrected chi connectivity index (χ3v) is 6.17. The highest BCUT2D eigenvalue weighted by Crippen LogP contribution is 2.41. The van der Waals surface area contributed by atoms with Crippen LogP contribution in [0.4, 0.5) is 5.69 Å². The topological polar surface area (TPSA) is 144 Å². The monoisotopic (exact) mass is 551 g/mol. The smallest absolute Gasteiger partial charge is 0.328 e. The third-order valence-electron chi connectivity index (χ3n) is 6.17. The standard InChI is InChI=1S/C27H37N3O2.C4H4O4/c1-20-15-17-29-26-23(30-21(2)11-10-16-28)19-24(31-3)27(25(20)26)32-18-9-5-8-14-22-12-6-4-7-13-22;5-3(6)1-2-4(7)8/h4,6-7,12-13,15,17,19,21,30H,5,8-11,14,16,18,28H2,1-3H3;1-2H,(H,5,6)(H,7,8). The molecule has 0 saturated carbocycles. The summed E-state index contributed by atoms with van der Waals surface area (Å²) in [4.78, 5) is 23.8. The van der Waals surface area contributed by atoms with Crippen LogP contribution in [0.3, 0.4) is 0 Å². The summed E-state index contributed by atoms with van der Waals surface area (Å²) < 4.78 is 12.0. The van der Waals surface area contributed by atoms with Gasteiger partial charge in [-0.25, -0.2) is 9.59 Å². The molecule has 0 saturated heterocycles. The molecule has 40 heavy (non-hydrogen) atoms. The molecule has 0 amide bonds. The Morgan fingerprint density at radius 1 is 1.05 bits per heavy atom. The molecule has 0 aliphatic rings. The first kappa shape index (κ1) is 32.1. The molecule has 0 aliphatic heterocycles. The van der Waals surface area contributed by atoms with Gasteiger partial charge in [-0.1, -0.05) is 30.3 Å². The Balaban J connectivity index is 0.000000611. The Labute approximate surface area is 236 Å². The Morgan fingerprint density at radius 2 is 1.75 bits per heavy atom. The molecular formula is C31H41N3O6. The van der Waals surface area contributed by atoms with Gasteiger partial charge in [-0.15, -0.1) is 0 Å². The number of fused-ring (bicyclic) bond motifs is 1. The number of anilines is 1. The third kappa shape index (κ3) is 10.9. The lowest BCUT2D eigenvalue weighted by Gasteiger charge is -2.20. The molecule has 3 aromatic rings. The number of unbranched alkanes of at least 4 members (excludes halogenated alkanes) is 2. The van der Waals surface area contributed by atoms with Crippen molar-refractivity contribution in [3.05, 3.63) is 71.9 Å². The number of carboxylic acids is 2. The summed E-state index contributed by atoms with van der Waals surface area (Å²) in [5.74, 6) is -0.984. The summed E-state index contributed by atoms with van der Waals surface area (Å²) in [6.45, 7) is 5.63. The Kier molecular flexibility index (Phi) is 14.0. The zero-order chi connectivity index (χ0) is 29.3. The number of ether oxygens (including phenoxy) is 2. The SMILES string of the molecule is COc1cc(NC(C)CCCN)c2nccc(C)c2c1OCCCCCc1ccccc1.O=C(O)C=CC(=O)O. The molecule has 3 rings (SSSR count). The number of carbonyl (C=O) groups is 2. The number of nitrogens with zero attached hydrogens (tertiary/aromatic N) is 1. The van der Waals surface area contributed by atoms with Gasteiger partial charge >= 0.3 is 11.9 Å². The number of hydrogen-bond acceptors (Lipinski definition) is 7. The zero-order valence-corrected chi connectivity index (χ0v) is 23.6. The molecule has 0 fully saturated rings. The number of nitrogens with two attached hydrogens (primary N) is 1. The lowest BCUT2D eigenvalue weighted by Crippen LogP contribution is -2.17. The second-order valence-electron chi connectivity index (χ2n) is 9.44. The average molecular weight is 552 g/mol. The van der Waals surface area contributed by atoms with Crippen LogP contribution in [0.2, 0.25) is 0 Å². The van der Waals surface area contributed by atoms with E-state index in [2.05, 4.69) is 54.5 Å². The van der Waals surface area contributed by atoms with Crippen molar-refractivity contribution < 1.29 is 29.3 Å². The molecule has 0 radical (unpaired) electrons. The molecule has 5 N–H and O–H groups in total. The van der Waals surface area contributed by atoms with Crippen LogP contribution in [-0.4, -0.2) is 53.4 Å². The fourth-order valence-corrected chi connectivity index (χ4v) is 4.17. The van der Waals surface area contributed by atoms with Gasteiger partial charge in [0.2, 0.25) is 0 Å². The number of aliphatic carboxylic acids is 2. The van der Waals surface area contributed by atoms with E-state index in [9.17, 15) is 9.59 Å². The molecule has 9 nitrogen and oxygen atoms in total. The fraction of sp³-hybridized carbons (Fsp3) is 0.387. The van der Waals surface area contributed by atoms with Gasteiger partial charge in [-0.3, -0.25) is 4.98 Å². The van der Waals surface area contributed by atoms with Gasteiger partial charge in [0.25, 0.3) is 0 Å². The van der Waals surface area contributed by atoms with Crippen LogP contribution in [0.5, 0.6) is 11.5 Å². The van der Waals surface area contributed by atoms with E-state index in [1.165, 1.54) is 5.56 Å². The number of pyridine rings is 1. The fourth-order valence-electron chi connectivity index (χ4n) is 4.17. The van der Waals surface area contributed by atoms with Gasteiger partial charge in [-0.2, -0.15) is 0 Å². The molecule has 1 heterocycles. The van der Waals surface area contributed by atoms with E-state index >= 15 is 0 Å². The van der Waals surface area contributed by atoms with E-state index < -0.39 is 11.9 Å². The number of methoxy groups -OCH3 is 1. The first-order valence-corrected chi connectivity index (χ1v) is 13.5. The number of rotatable bonds is 15. The second kappa shape index (κ2) is 17.5. The van der Waals surface area contributed by atoms with Crippen LogP contribution in [0.15, 0.2) is 60.8 Å². The predicted molar refractivity (Wildman–Crippen MR) is 158 cm³/mol. The molecule has 1 atom stereocenters. The Morgan fingerprint density at radius 3 is 2.38 bits per heavy atom. The van der Waals surface area contributed by atoms with E-state index in [1.807, 2.05) is 18.3 Å². The molecule has 0 bridgehead atoms. The Hall–Kier alpha value is -4.11. The van der Waals surface area contributed by atoms with Crippen molar-refractivity contribution in [2.45, 2.75) is 58.4 Å². The van der Waals surface area contributed by atoms with Crippen LogP contribution in [0.1, 0.15) is 50.2 Å². The molecule has 216 valence electrons. The largest absolute Gasteiger partial charge is 0.493 e. The molecule has 0 spiro atoms. The normalized spacial score (nSPS) is 11.5. The van der Waals surface area contributed by atoms with Crippen molar-refractivity contribution in [2.24, 2.45) is 5.73 Å². The number of hydrogen-bond donors (Lipinski definition) is 4. The molecule has 0 aliphatic carbocycles. The number of aromatic nitrogens is 1. The van der Waals surface area contributed by atoms with Gasteiger partial charge < -0.3 is 30.7 Å². The van der Waals surface area contributed by atoms with Crippen LogP contribution in [-0.2, 0) is 16.0 Å². The van der Waals surface area contributed by atoms with Crippen molar-refractivity contribution in [2.75, 3.05) is 25.6 Å². The summed E-state index contributed by atoms with van der Waals surface area (Å²) in [5, 5.41) is 20.2. The zero-order valence-electron chi connectivity index (χ0n) is 23.6. The average Bonchev–Trinajstić information content (AvgIpc) is 2.94. The van der Waals surface area contributed by atoms with E-state index in [0.717, 1.165) is 72.2 Å². The van der Waals surface area contributed by atoms with E-state index in [0.29, 0.717) is 31.3 Å². The predicted octanol–water partition coefficient (Wildman–Crippen LogP) is 5.59. The summed E-state index contributed by atoms with van der Waals surface area (Å²) in [5.41, 5.74) is 10.1. The van der Waals surface area contributed by atoms with Gasteiger partial charge in [-0.05, 0) is 76.1 Å². The van der Waals surface area contributed by atoms with Crippen LogP contribution in [0.25, 0.3) is 10.9 Å². The lowest BCUT2D eigenvalue weighted by atomic mass is 10.1.